The first-order chi connectivity index (χ1) is 37.6. The van der Waals surface area contributed by atoms with E-state index in [1.54, 1.807) is 0 Å². The maximum absolute atomic E-state index is 12.9. The zero-order valence-corrected chi connectivity index (χ0v) is 50.3. The number of aliphatic carboxylic acids is 1. The van der Waals surface area contributed by atoms with Crippen LogP contribution in [0.4, 0.5) is 0 Å². The maximum atomic E-state index is 12.9. The molecule has 77 heavy (non-hydrogen) atoms. The van der Waals surface area contributed by atoms with Crippen LogP contribution in [0.3, 0.4) is 0 Å². The molecule has 0 aliphatic heterocycles. The fourth-order valence-electron chi connectivity index (χ4n) is 8.51. The first-order valence-electron chi connectivity index (χ1n) is 31.4. The van der Waals surface area contributed by atoms with Crippen LogP contribution in [-0.2, 0) is 33.3 Å². The molecule has 0 amide bonds. The molecule has 0 rings (SSSR count). The topological polar surface area (TPSA) is 111 Å². The zero-order chi connectivity index (χ0) is 56.2. The minimum Gasteiger partial charge on any atom is -0.545 e. The molecule has 0 aliphatic rings. The van der Waals surface area contributed by atoms with E-state index in [4.69, 9.17) is 18.9 Å². The van der Waals surface area contributed by atoms with Gasteiger partial charge in [-0.25, -0.2) is 0 Å². The van der Waals surface area contributed by atoms with Gasteiger partial charge in [-0.05, 0) is 96.3 Å². The Morgan fingerprint density at radius 2 is 0.740 bits per heavy atom. The van der Waals surface area contributed by atoms with E-state index >= 15 is 0 Å². The van der Waals surface area contributed by atoms with Crippen LogP contribution in [0.1, 0.15) is 258 Å². The highest BCUT2D eigenvalue weighted by molar-refractivity contribution is 5.70. The van der Waals surface area contributed by atoms with Gasteiger partial charge in [-0.2, -0.15) is 0 Å². The molecule has 0 aromatic rings. The number of hydrogen-bond donors (Lipinski definition) is 0. The number of carboxylic acids is 1. The summed E-state index contributed by atoms with van der Waals surface area (Å²) >= 11 is 0. The molecule has 442 valence electrons. The van der Waals surface area contributed by atoms with Crippen molar-refractivity contribution < 1.29 is 42.9 Å². The van der Waals surface area contributed by atoms with E-state index < -0.39 is 24.3 Å². The van der Waals surface area contributed by atoms with Gasteiger partial charge >= 0.3 is 11.9 Å². The van der Waals surface area contributed by atoms with Gasteiger partial charge in [0.1, 0.15) is 13.2 Å². The number of carbonyl (C=O) groups excluding carboxylic acids is 3. The Labute approximate surface area is 473 Å². The molecule has 0 saturated heterocycles. The highest BCUT2D eigenvalue weighted by atomic mass is 16.7. The predicted octanol–water partition coefficient (Wildman–Crippen LogP) is 17.6. The Bertz CT molecular complexity index is 1580. The van der Waals surface area contributed by atoms with Crippen LogP contribution in [0, 0.1) is 0 Å². The Morgan fingerprint density at radius 1 is 0.403 bits per heavy atom. The molecule has 0 fully saturated rings. The number of nitrogens with zero attached hydrogens (tertiary/aromatic N) is 1. The van der Waals surface area contributed by atoms with E-state index in [0.717, 1.165) is 89.9 Å². The van der Waals surface area contributed by atoms with Crippen LogP contribution in [-0.4, -0.2) is 82.3 Å². The molecular formula is C68H117NO8. The molecule has 0 aromatic carbocycles. The van der Waals surface area contributed by atoms with E-state index in [0.29, 0.717) is 17.4 Å². The number of rotatable bonds is 57. The van der Waals surface area contributed by atoms with Crippen molar-refractivity contribution >= 4 is 17.9 Å². The van der Waals surface area contributed by atoms with Crippen LogP contribution in [0.25, 0.3) is 0 Å². The number of esters is 2. The van der Waals surface area contributed by atoms with Gasteiger partial charge in [0.25, 0.3) is 0 Å². The van der Waals surface area contributed by atoms with E-state index in [1.807, 2.05) is 21.1 Å². The molecule has 0 heterocycles. The lowest BCUT2D eigenvalue weighted by Crippen LogP contribution is -2.44. The van der Waals surface area contributed by atoms with Crippen LogP contribution in [0.15, 0.2) is 97.2 Å². The summed E-state index contributed by atoms with van der Waals surface area (Å²) in [6, 6.07) is 0. The van der Waals surface area contributed by atoms with E-state index in [-0.39, 0.29) is 38.6 Å². The fraction of sp³-hybridized carbons (Fsp3) is 0.721. The zero-order valence-electron chi connectivity index (χ0n) is 50.3. The van der Waals surface area contributed by atoms with Gasteiger partial charge in [-0.3, -0.25) is 9.59 Å². The van der Waals surface area contributed by atoms with Crippen molar-refractivity contribution in [3.63, 3.8) is 0 Å². The lowest BCUT2D eigenvalue weighted by Gasteiger charge is -2.26. The molecule has 2 unspecified atom stereocenters. The second-order valence-electron chi connectivity index (χ2n) is 22.0. The maximum Gasteiger partial charge on any atom is 0.306 e. The van der Waals surface area contributed by atoms with Crippen molar-refractivity contribution in [1.29, 1.82) is 0 Å². The smallest absolute Gasteiger partial charge is 0.306 e. The van der Waals surface area contributed by atoms with Gasteiger partial charge in [0.15, 0.2) is 12.4 Å². The van der Waals surface area contributed by atoms with Crippen molar-refractivity contribution in [3.05, 3.63) is 97.2 Å². The first-order valence-corrected chi connectivity index (χ1v) is 31.4. The fourth-order valence-corrected chi connectivity index (χ4v) is 8.51. The molecule has 0 bridgehead atoms. The third-order valence-corrected chi connectivity index (χ3v) is 13.3. The number of allylic oxidation sites excluding steroid dienone is 16. The average molecular weight is 1080 g/mol. The standard InChI is InChI=1S/C68H117NO8/c1-6-8-10-12-14-16-18-20-22-24-26-28-30-31-32-33-34-35-37-38-40-42-44-46-48-50-52-54-56-58-65(70)75-62-64(63-76-68(67(72)73)74-61-60-69(3,4)5)77-66(71)59-57-55-53-51-49-47-45-43-41-39-36-29-27-25-23-21-19-17-15-13-11-9-7-2/h9,11,15,17-18,20-21,23-24,26-27,29-31,39,41,64,68H,6-8,10,12-14,16,19,22,25,28,32-38,40,42-63H2,1-5H3/b11-9-,17-15-,20-18-,23-21-,26-24-,29-27-,31-30-,41-39-. The normalized spacial score (nSPS) is 13.4. The van der Waals surface area contributed by atoms with Crippen molar-refractivity contribution in [3.8, 4) is 0 Å². The number of ether oxygens (including phenoxy) is 4. The van der Waals surface area contributed by atoms with Crippen LogP contribution >= 0.6 is 0 Å². The molecule has 9 nitrogen and oxygen atoms in total. The lowest BCUT2D eigenvalue weighted by molar-refractivity contribution is -0.870. The summed E-state index contributed by atoms with van der Waals surface area (Å²) in [4.78, 5) is 37.4. The third kappa shape index (κ3) is 59.7. The summed E-state index contributed by atoms with van der Waals surface area (Å²) in [7, 11) is 5.92. The number of carbonyl (C=O) groups is 3. The van der Waals surface area contributed by atoms with Crippen molar-refractivity contribution in [2.24, 2.45) is 0 Å². The number of likely N-dealkylation sites (N-methyl/N-ethyl adjacent to an activating group) is 1. The molecule has 0 spiro atoms. The van der Waals surface area contributed by atoms with Gasteiger partial charge in [-0.15, -0.1) is 0 Å². The number of carboxylic acid groups (broad SMARTS) is 1. The van der Waals surface area contributed by atoms with E-state index in [2.05, 4.69) is 111 Å². The van der Waals surface area contributed by atoms with Crippen LogP contribution in [0.2, 0.25) is 0 Å². The molecule has 0 saturated carbocycles. The molecular weight excluding hydrogens is 959 g/mol. The Morgan fingerprint density at radius 3 is 1.10 bits per heavy atom. The Balaban J connectivity index is 4.21. The van der Waals surface area contributed by atoms with E-state index in [9.17, 15) is 19.5 Å². The highest BCUT2D eigenvalue weighted by Gasteiger charge is 2.22. The molecule has 2 atom stereocenters. The second kappa shape index (κ2) is 58.4. The van der Waals surface area contributed by atoms with Crippen LogP contribution in [0.5, 0.6) is 0 Å². The summed E-state index contributed by atoms with van der Waals surface area (Å²) in [5.41, 5.74) is 0. The van der Waals surface area contributed by atoms with Gasteiger partial charge in [0.2, 0.25) is 0 Å². The summed E-state index contributed by atoms with van der Waals surface area (Å²) < 4.78 is 22.7. The molecule has 0 aromatic heterocycles. The molecule has 0 aliphatic carbocycles. The molecule has 0 N–H and O–H groups in total. The number of unbranched alkanes of at least 4 members (excludes halogenated alkanes) is 26. The minimum atomic E-state index is -1.63. The summed E-state index contributed by atoms with van der Waals surface area (Å²) in [5.74, 6) is -2.30. The quantitative estimate of drug-likeness (QED) is 0.0195. The molecule has 9 heteroatoms. The number of quaternary nitrogens is 1. The monoisotopic (exact) mass is 1080 g/mol. The van der Waals surface area contributed by atoms with Gasteiger partial charge in [-0.1, -0.05) is 246 Å². The highest BCUT2D eigenvalue weighted by Crippen LogP contribution is 2.16. The Hall–Kier alpha value is -3.79. The lowest BCUT2D eigenvalue weighted by atomic mass is 10.0. The van der Waals surface area contributed by atoms with Gasteiger partial charge in [0.05, 0.1) is 40.3 Å². The van der Waals surface area contributed by atoms with Crippen molar-refractivity contribution in [2.45, 2.75) is 270 Å². The summed E-state index contributed by atoms with van der Waals surface area (Å²) in [6.07, 6.45) is 76.0. The van der Waals surface area contributed by atoms with Gasteiger partial charge < -0.3 is 33.3 Å². The number of hydrogen-bond acceptors (Lipinski definition) is 8. The van der Waals surface area contributed by atoms with E-state index in [1.165, 1.54) is 135 Å². The summed E-state index contributed by atoms with van der Waals surface area (Å²) in [5, 5.41) is 11.8. The van der Waals surface area contributed by atoms with Crippen LogP contribution < -0.4 is 5.11 Å². The Kier molecular flexibility index (Phi) is 55.5. The second-order valence-corrected chi connectivity index (χ2v) is 22.0. The van der Waals surface area contributed by atoms with Gasteiger partial charge in [0, 0.05) is 12.8 Å². The largest absolute Gasteiger partial charge is 0.545 e. The SMILES string of the molecule is CC/C=C\C/C=C\C/C=C\C/C=C\C/C=C\CCCCCCCCCC(=O)OC(COC(=O)CCCCCCCCCCCCCCCC/C=C\C/C=C\C/C=C\CCCCCCC)COC(OCC[N+](C)(C)C)C(=O)[O-]. The third-order valence-electron chi connectivity index (χ3n) is 13.3. The minimum absolute atomic E-state index is 0.141. The average Bonchev–Trinajstić information content (AvgIpc) is 3.40. The summed E-state index contributed by atoms with van der Waals surface area (Å²) in [6.45, 7) is 4.62. The van der Waals surface area contributed by atoms with Crippen molar-refractivity contribution in [2.75, 3.05) is 47.5 Å². The first kappa shape index (κ1) is 73.2. The van der Waals surface area contributed by atoms with Crippen molar-refractivity contribution in [1.82, 2.24) is 0 Å². The predicted molar refractivity (Wildman–Crippen MR) is 324 cm³/mol. The molecule has 0 radical (unpaired) electrons.